The van der Waals surface area contributed by atoms with Gasteiger partial charge in [-0.1, -0.05) is 212 Å². The third-order valence-electron chi connectivity index (χ3n) is 14.0. The van der Waals surface area contributed by atoms with Gasteiger partial charge < -0.3 is 9.80 Å². The highest BCUT2D eigenvalue weighted by molar-refractivity contribution is 6.00. The molecule has 13 rings (SSSR count). The van der Waals surface area contributed by atoms with Gasteiger partial charge in [-0.15, -0.1) is 0 Å². The Morgan fingerprint density at radius 2 is 0.710 bits per heavy atom. The summed E-state index contributed by atoms with van der Waals surface area (Å²) in [5.41, 5.74) is 19.2. The van der Waals surface area contributed by atoms with E-state index in [-0.39, 0.29) is 29.9 Å². The molecular weight excluding hydrogens is 833 g/mol. The molecule has 1 unspecified atom stereocenters. The van der Waals surface area contributed by atoms with E-state index in [1.54, 1.807) is 0 Å². The Morgan fingerprint density at radius 1 is 0.261 bits per heavy atom. The van der Waals surface area contributed by atoms with Crippen LogP contribution in [0, 0.1) is 0 Å². The highest BCUT2D eigenvalue weighted by atomic mass is 15.2. The molecule has 0 heterocycles. The van der Waals surface area contributed by atoms with E-state index in [1.807, 2.05) is 41.3 Å². The molecule has 1 atom stereocenters. The predicted molar refractivity (Wildman–Crippen MR) is 288 cm³/mol. The number of benzene rings is 11. The molecule has 0 amide bonds. The van der Waals surface area contributed by atoms with Gasteiger partial charge in [0.25, 0.3) is 0 Å². The minimum absolute atomic E-state index is 0.0847. The summed E-state index contributed by atoms with van der Waals surface area (Å²) in [5.74, 6) is 0. The molecule has 0 saturated carbocycles. The summed E-state index contributed by atoms with van der Waals surface area (Å²) in [7, 11) is 0. The maximum atomic E-state index is 9.26. The molecule has 0 saturated heterocycles. The van der Waals surface area contributed by atoms with Crippen molar-refractivity contribution < 1.29 is 6.85 Å². The molecule has 0 radical (unpaired) electrons. The van der Waals surface area contributed by atoms with Gasteiger partial charge in [-0.3, -0.25) is 0 Å². The van der Waals surface area contributed by atoms with Crippen molar-refractivity contribution in [3.63, 3.8) is 0 Å². The van der Waals surface area contributed by atoms with Crippen molar-refractivity contribution in [3.8, 4) is 55.6 Å². The summed E-state index contributed by atoms with van der Waals surface area (Å²) < 4.78 is 44.6. The van der Waals surface area contributed by atoms with E-state index >= 15 is 0 Å². The monoisotopic (exact) mass is 883 g/mol. The second kappa shape index (κ2) is 16.7. The Morgan fingerprint density at radius 3 is 1.30 bits per heavy atom. The first-order valence-electron chi connectivity index (χ1n) is 25.9. The molecule has 2 aliphatic carbocycles. The molecule has 0 fully saturated rings. The lowest BCUT2D eigenvalue weighted by Gasteiger charge is -2.34. The van der Waals surface area contributed by atoms with Crippen LogP contribution >= 0.6 is 0 Å². The van der Waals surface area contributed by atoms with Crippen molar-refractivity contribution in [2.45, 2.75) is 5.41 Å². The van der Waals surface area contributed by atoms with Gasteiger partial charge in [0.05, 0.1) is 23.6 Å². The second-order valence-electron chi connectivity index (χ2n) is 17.6. The maximum absolute atomic E-state index is 9.26. The summed E-state index contributed by atoms with van der Waals surface area (Å²) in [4.78, 5) is 4.26. The Bertz CT molecular complexity index is 3930. The van der Waals surface area contributed by atoms with E-state index in [1.165, 1.54) is 0 Å². The number of hydrogen-bond donors (Lipinski definition) is 0. The van der Waals surface area contributed by atoms with E-state index in [2.05, 4.69) is 217 Å². The summed E-state index contributed by atoms with van der Waals surface area (Å²) in [6.07, 6.45) is 0. The second-order valence-corrected chi connectivity index (χ2v) is 17.6. The maximum Gasteiger partial charge on any atom is 0.0727 e. The fourth-order valence-corrected chi connectivity index (χ4v) is 11.1. The molecule has 0 N–H and O–H groups in total. The number of hydrogen-bond acceptors (Lipinski definition) is 2. The van der Waals surface area contributed by atoms with Crippen LogP contribution in [0.5, 0.6) is 0 Å². The summed E-state index contributed by atoms with van der Waals surface area (Å²) in [6.45, 7) is 0. The zero-order valence-electron chi connectivity index (χ0n) is 42.6. The molecular formula is C67H46N2. The van der Waals surface area contributed by atoms with Gasteiger partial charge in [0.1, 0.15) is 0 Å². The molecule has 324 valence electrons. The Balaban J connectivity index is 1.10. The molecule has 2 heteroatoms. The smallest absolute Gasteiger partial charge is 0.0727 e. The van der Waals surface area contributed by atoms with Gasteiger partial charge in [-0.25, -0.2) is 0 Å². The van der Waals surface area contributed by atoms with E-state index in [0.717, 1.165) is 95.0 Å². The zero-order chi connectivity index (χ0) is 50.1. The van der Waals surface area contributed by atoms with Gasteiger partial charge in [-0.05, 0) is 133 Å². The van der Waals surface area contributed by atoms with Crippen LogP contribution in [0.4, 0.5) is 34.1 Å². The molecule has 11 aromatic rings. The summed E-state index contributed by atoms with van der Waals surface area (Å²) >= 11 is 0. The number of nitrogens with zero attached hydrogens (tertiary/aromatic N) is 2. The minimum Gasteiger partial charge on any atom is -0.310 e. The van der Waals surface area contributed by atoms with Crippen LogP contribution in [0.15, 0.2) is 279 Å². The largest absolute Gasteiger partial charge is 0.310 e. The van der Waals surface area contributed by atoms with Gasteiger partial charge in [0, 0.05) is 33.9 Å². The SMILES string of the molecule is [2H]c1c([2H])c([2H])c(N(c2ccccc2)c2ccc3c(c2)C2(c4ccccc4-c4ccc(N(c5ccccc5-c5ccccc5)c5ccc(-c6ccccc6)cc5-c5ccccc5)cc42)c2ccccc2-3)c([2H])c1[2H]. The quantitative estimate of drug-likeness (QED) is 0.142. The van der Waals surface area contributed by atoms with E-state index in [0.29, 0.717) is 11.4 Å². The normalized spacial score (nSPS) is 14.9. The first-order valence-corrected chi connectivity index (χ1v) is 23.4. The van der Waals surface area contributed by atoms with Crippen molar-refractivity contribution in [3.05, 3.63) is 301 Å². The van der Waals surface area contributed by atoms with Crippen LogP contribution in [-0.2, 0) is 5.41 Å². The molecule has 0 aliphatic heterocycles. The lowest BCUT2D eigenvalue weighted by atomic mass is 9.70. The highest BCUT2D eigenvalue weighted by Gasteiger charge is 2.52. The number of anilines is 6. The van der Waals surface area contributed by atoms with Gasteiger partial charge in [0.15, 0.2) is 0 Å². The van der Waals surface area contributed by atoms with Crippen LogP contribution in [0.3, 0.4) is 0 Å². The molecule has 2 aliphatic rings. The van der Waals surface area contributed by atoms with Gasteiger partial charge in [-0.2, -0.15) is 0 Å². The predicted octanol–water partition coefficient (Wildman–Crippen LogP) is 18.0. The van der Waals surface area contributed by atoms with E-state index in [9.17, 15) is 2.74 Å². The number of rotatable bonds is 9. The fraction of sp³-hybridized carbons (Fsp3) is 0.0149. The Kier molecular flexibility index (Phi) is 8.54. The first-order chi connectivity index (χ1) is 36.3. The topological polar surface area (TPSA) is 6.48 Å². The third-order valence-corrected chi connectivity index (χ3v) is 14.0. The summed E-state index contributed by atoms with van der Waals surface area (Å²) in [5, 5.41) is 0. The Labute approximate surface area is 411 Å². The minimum atomic E-state index is -0.823. The molecule has 69 heavy (non-hydrogen) atoms. The number of para-hydroxylation sites is 3. The molecule has 0 bridgehead atoms. The van der Waals surface area contributed by atoms with Crippen LogP contribution in [0.2, 0.25) is 0 Å². The first kappa shape index (κ1) is 35.2. The standard InChI is InChI=1S/C67H46N2/c1-6-22-47(23-7-1)50-38-43-66(60(44-50)49-26-10-3-11-27-49)69(65-37-21-18-32-55(65)48-24-8-2-9-25-48)54-40-42-59-57-34-17-20-36-62(57)67(64(59)46-54)61-35-19-16-33-56(61)58-41-39-53(45-63(58)67)68(51-28-12-4-13-29-51)52-30-14-5-15-31-52/h1-46H/i4D,12D,13D,28D,29D. The molecule has 0 aromatic heterocycles. The van der Waals surface area contributed by atoms with Crippen LogP contribution in [0.1, 0.15) is 29.1 Å². The van der Waals surface area contributed by atoms with E-state index in [4.69, 9.17) is 4.11 Å². The van der Waals surface area contributed by atoms with Crippen molar-refractivity contribution in [2.24, 2.45) is 0 Å². The zero-order valence-corrected chi connectivity index (χ0v) is 37.6. The van der Waals surface area contributed by atoms with E-state index < -0.39 is 11.5 Å². The van der Waals surface area contributed by atoms with Gasteiger partial charge >= 0.3 is 0 Å². The van der Waals surface area contributed by atoms with Gasteiger partial charge in [0.2, 0.25) is 0 Å². The van der Waals surface area contributed by atoms with Crippen LogP contribution < -0.4 is 9.80 Å². The average Bonchev–Trinajstić information content (AvgIpc) is 3.97. The van der Waals surface area contributed by atoms with Crippen molar-refractivity contribution in [1.29, 1.82) is 0 Å². The van der Waals surface area contributed by atoms with Crippen LogP contribution in [-0.4, -0.2) is 0 Å². The van der Waals surface area contributed by atoms with Crippen LogP contribution in [0.25, 0.3) is 55.6 Å². The third kappa shape index (κ3) is 6.56. The summed E-state index contributed by atoms with van der Waals surface area (Å²) in [6, 6.07) is 85.9. The molecule has 11 aromatic carbocycles. The lowest BCUT2D eigenvalue weighted by Crippen LogP contribution is -2.26. The fourth-order valence-electron chi connectivity index (χ4n) is 11.1. The van der Waals surface area contributed by atoms with Crippen molar-refractivity contribution >= 4 is 34.1 Å². The Hall–Kier alpha value is -8.98. The molecule has 1 spiro atoms. The highest BCUT2D eigenvalue weighted by Crippen LogP contribution is 2.64. The lowest BCUT2D eigenvalue weighted by molar-refractivity contribution is 0.793. The number of fused-ring (bicyclic) bond motifs is 10. The molecule has 2 nitrogen and oxygen atoms in total. The van der Waals surface area contributed by atoms with Crippen molar-refractivity contribution in [2.75, 3.05) is 9.80 Å². The van der Waals surface area contributed by atoms with Crippen molar-refractivity contribution in [1.82, 2.24) is 0 Å². The average molecular weight is 884 g/mol.